The van der Waals surface area contributed by atoms with Crippen molar-refractivity contribution in [2.75, 3.05) is 39.5 Å². The molecule has 0 aliphatic carbocycles. The second kappa shape index (κ2) is 14.4. The van der Waals surface area contributed by atoms with Crippen LogP contribution >= 0.6 is 12.4 Å². The zero-order valence-electron chi connectivity index (χ0n) is 19.9. The van der Waals surface area contributed by atoms with Crippen LogP contribution in [0.5, 0.6) is 5.75 Å². The summed E-state index contributed by atoms with van der Waals surface area (Å²) >= 11 is 0. The molecular formula is C28H34ClNO4. The Morgan fingerprint density at radius 3 is 1.74 bits per heavy atom. The van der Waals surface area contributed by atoms with Crippen LogP contribution in [0.1, 0.15) is 25.0 Å². The number of esters is 1. The van der Waals surface area contributed by atoms with E-state index in [4.69, 9.17) is 14.2 Å². The first-order valence-corrected chi connectivity index (χ1v) is 11.5. The molecule has 0 saturated heterocycles. The van der Waals surface area contributed by atoms with Crippen LogP contribution in [0.15, 0.2) is 91.0 Å². The quantitative estimate of drug-likeness (QED) is 0.243. The fraction of sp³-hybridized carbons (Fsp3) is 0.321. The smallest absolute Gasteiger partial charge is 0.347 e. The van der Waals surface area contributed by atoms with Crippen LogP contribution in [0.2, 0.25) is 0 Å². The summed E-state index contributed by atoms with van der Waals surface area (Å²) in [6, 6.07) is 28.6. The molecule has 0 amide bonds. The first kappa shape index (κ1) is 27.4. The first-order chi connectivity index (χ1) is 16.2. The maximum absolute atomic E-state index is 13.7. The number of nitrogens with zero attached hydrogens (tertiary/aromatic N) is 1. The normalized spacial score (nSPS) is 11.0. The number of para-hydroxylation sites is 1. The van der Waals surface area contributed by atoms with E-state index in [1.165, 1.54) is 0 Å². The second-order valence-corrected chi connectivity index (χ2v) is 7.59. The molecule has 182 valence electrons. The second-order valence-electron chi connectivity index (χ2n) is 7.59. The molecule has 0 atom stereocenters. The Labute approximate surface area is 209 Å². The third-order valence-corrected chi connectivity index (χ3v) is 5.60. The lowest BCUT2D eigenvalue weighted by atomic mass is 9.86. The summed E-state index contributed by atoms with van der Waals surface area (Å²) in [4.78, 5) is 15.9. The molecule has 0 aromatic heterocycles. The molecule has 34 heavy (non-hydrogen) atoms. The molecule has 0 heterocycles. The lowest BCUT2D eigenvalue weighted by molar-refractivity contribution is -0.170. The Balaban J connectivity index is 0.00000408. The third kappa shape index (κ3) is 7.07. The van der Waals surface area contributed by atoms with Gasteiger partial charge in [0.25, 0.3) is 0 Å². The highest BCUT2D eigenvalue weighted by atomic mass is 35.5. The van der Waals surface area contributed by atoms with Gasteiger partial charge in [-0.05, 0) is 36.3 Å². The highest BCUT2D eigenvalue weighted by molar-refractivity contribution is 5.86. The Bertz CT molecular complexity index is 910. The number of ether oxygens (including phenoxy) is 3. The number of rotatable bonds is 13. The van der Waals surface area contributed by atoms with Crippen molar-refractivity contribution >= 4 is 18.4 Å². The predicted octanol–water partition coefficient (Wildman–Crippen LogP) is 5.33. The van der Waals surface area contributed by atoms with Gasteiger partial charge in [0.15, 0.2) is 0 Å². The molecule has 0 aliphatic rings. The fourth-order valence-electron chi connectivity index (χ4n) is 3.75. The van der Waals surface area contributed by atoms with Gasteiger partial charge in [-0.15, -0.1) is 12.4 Å². The molecule has 0 N–H and O–H groups in total. The maximum Gasteiger partial charge on any atom is 0.347 e. The SMILES string of the molecule is CCN(CC)CCOC(=O)C(OCCOc1ccccc1)(c1ccccc1)c1ccccc1.Cl. The minimum Gasteiger partial charge on any atom is -0.491 e. The Morgan fingerprint density at radius 1 is 0.735 bits per heavy atom. The van der Waals surface area contributed by atoms with Crippen molar-refractivity contribution < 1.29 is 19.0 Å². The van der Waals surface area contributed by atoms with Gasteiger partial charge in [-0.3, -0.25) is 0 Å². The molecule has 0 bridgehead atoms. The molecule has 3 rings (SSSR count). The Kier molecular flexibility index (Phi) is 11.6. The zero-order valence-corrected chi connectivity index (χ0v) is 20.7. The summed E-state index contributed by atoms with van der Waals surface area (Å²) in [6.45, 7) is 7.50. The van der Waals surface area contributed by atoms with Gasteiger partial charge < -0.3 is 19.1 Å². The van der Waals surface area contributed by atoms with E-state index in [0.717, 1.165) is 30.0 Å². The van der Waals surface area contributed by atoms with Crippen LogP contribution in [0, 0.1) is 0 Å². The van der Waals surface area contributed by atoms with E-state index in [9.17, 15) is 4.79 Å². The summed E-state index contributed by atoms with van der Waals surface area (Å²) in [5, 5.41) is 0. The molecule has 3 aromatic carbocycles. The van der Waals surface area contributed by atoms with Crippen molar-refractivity contribution in [3.63, 3.8) is 0 Å². The highest BCUT2D eigenvalue weighted by Crippen LogP contribution is 2.35. The number of likely N-dealkylation sites (N-methyl/N-ethyl adjacent to an activating group) is 1. The Morgan fingerprint density at radius 2 is 1.24 bits per heavy atom. The average Bonchev–Trinajstić information content (AvgIpc) is 2.88. The molecule has 3 aromatic rings. The molecule has 0 aliphatic heterocycles. The van der Waals surface area contributed by atoms with Crippen molar-refractivity contribution in [3.8, 4) is 5.75 Å². The van der Waals surface area contributed by atoms with Crippen molar-refractivity contribution in [2.45, 2.75) is 19.4 Å². The maximum atomic E-state index is 13.7. The van der Waals surface area contributed by atoms with E-state index < -0.39 is 11.6 Å². The monoisotopic (exact) mass is 483 g/mol. The number of hydrogen-bond acceptors (Lipinski definition) is 5. The highest BCUT2D eigenvalue weighted by Gasteiger charge is 2.45. The minimum atomic E-state index is -1.38. The molecule has 0 spiro atoms. The van der Waals surface area contributed by atoms with E-state index in [0.29, 0.717) is 19.8 Å². The predicted molar refractivity (Wildman–Crippen MR) is 138 cm³/mol. The molecule has 5 nitrogen and oxygen atoms in total. The molecule has 0 saturated carbocycles. The lowest BCUT2D eigenvalue weighted by Gasteiger charge is -2.33. The minimum absolute atomic E-state index is 0. The number of carbonyl (C=O) groups excluding carboxylic acids is 1. The van der Waals surface area contributed by atoms with Gasteiger partial charge in [0.05, 0.1) is 6.61 Å². The topological polar surface area (TPSA) is 48.0 Å². The summed E-state index contributed by atoms with van der Waals surface area (Å²) < 4.78 is 18.0. The van der Waals surface area contributed by atoms with Gasteiger partial charge >= 0.3 is 5.97 Å². The number of benzene rings is 3. The third-order valence-electron chi connectivity index (χ3n) is 5.60. The van der Waals surface area contributed by atoms with Crippen LogP contribution in [-0.4, -0.2) is 50.3 Å². The van der Waals surface area contributed by atoms with Crippen LogP contribution in [0.25, 0.3) is 0 Å². The van der Waals surface area contributed by atoms with Crippen molar-refractivity contribution in [3.05, 3.63) is 102 Å². The van der Waals surface area contributed by atoms with Gasteiger partial charge in [-0.25, -0.2) is 4.79 Å². The van der Waals surface area contributed by atoms with Crippen LogP contribution in [-0.2, 0) is 19.9 Å². The standard InChI is InChI=1S/C28H33NO4.ClH/c1-3-29(4-2)20-21-32-27(30)28(24-14-8-5-9-15-24,25-16-10-6-11-17-25)33-23-22-31-26-18-12-7-13-19-26;/h5-19H,3-4,20-23H2,1-2H3;1H. The molecular weight excluding hydrogens is 450 g/mol. The van der Waals surface area contributed by atoms with Crippen LogP contribution in [0.3, 0.4) is 0 Å². The summed E-state index contributed by atoms with van der Waals surface area (Å²) in [7, 11) is 0. The van der Waals surface area contributed by atoms with Gasteiger partial charge in [0, 0.05) is 6.54 Å². The van der Waals surface area contributed by atoms with E-state index in [2.05, 4.69) is 18.7 Å². The van der Waals surface area contributed by atoms with E-state index in [1.54, 1.807) is 0 Å². The number of carbonyl (C=O) groups is 1. The van der Waals surface area contributed by atoms with E-state index in [-0.39, 0.29) is 19.0 Å². The molecule has 0 radical (unpaired) electrons. The summed E-state index contributed by atoms with van der Waals surface area (Å²) in [5.74, 6) is 0.333. The van der Waals surface area contributed by atoms with Gasteiger partial charge in [-0.1, -0.05) is 92.7 Å². The summed E-state index contributed by atoms with van der Waals surface area (Å²) in [5.41, 5.74) is 0.0683. The van der Waals surface area contributed by atoms with Gasteiger partial charge in [0.2, 0.25) is 5.60 Å². The van der Waals surface area contributed by atoms with Crippen molar-refractivity contribution in [1.29, 1.82) is 0 Å². The lowest BCUT2D eigenvalue weighted by Crippen LogP contribution is -2.43. The summed E-state index contributed by atoms with van der Waals surface area (Å²) in [6.07, 6.45) is 0. The van der Waals surface area contributed by atoms with Crippen LogP contribution in [0.4, 0.5) is 0 Å². The Hall–Kier alpha value is -2.86. The zero-order chi connectivity index (χ0) is 23.4. The van der Waals surface area contributed by atoms with E-state index in [1.807, 2.05) is 91.0 Å². The van der Waals surface area contributed by atoms with Crippen LogP contribution < -0.4 is 4.74 Å². The largest absolute Gasteiger partial charge is 0.491 e. The van der Waals surface area contributed by atoms with Crippen molar-refractivity contribution in [1.82, 2.24) is 4.90 Å². The fourth-order valence-corrected chi connectivity index (χ4v) is 3.75. The van der Waals surface area contributed by atoms with Crippen molar-refractivity contribution in [2.24, 2.45) is 0 Å². The van der Waals surface area contributed by atoms with Gasteiger partial charge in [-0.2, -0.15) is 0 Å². The van der Waals surface area contributed by atoms with Gasteiger partial charge in [0.1, 0.15) is 19.0 Å². The average molecular weight is 484 g/mol. The number of halogens is 1. The van der Waals surface area contributed by atoms with E-state index >= 15 is 0 Å². The molecule has 6 heteroatoms. The first-order valence-electron chi connectivity index (χ1n) is 11.5. The molecule has 0 unspecified atom stereocenters. The number of hydrogen-bond donors (Lipinski definition) is 0. The molecule has 0 fully saturated rings.